The van der Waals surface area contributed by atoms with Crippen molar-refractivity contribution in [3.63, 3.8) is 0 Å². The Kier molecular flexibility index (Phi) is 3.55. The minimum Gasteiger partial charge on any atom is -0.481 e. The van der Waals surface area contributed by atoms with Crippen LogP contribution in [0.1, 0.15) is 32.1 Å². The number of rotatable bonds is 4. The summed E-state index contributed by atoms with van der Waals surface area (Å²) in [6.07, 6.45) is 6.70. The number of ether oxygens (including phenoxy) is 1. The highest BCUT2D eigenvalue weighted by Gasteiger charge is 2.16. The number of nitrogens with one attached hydrogen (secondary N) is 1. The van der Waals surface area contributed by atoms with E-state index in [1.165, 1.54) is 32.1 Å². The molecule has 0 radical (unpaired) electrons. The zero-order chi connectivity index (χ0) is 13.2. The molecular weight excluding hydrogens is 258 g/mol. The molecular formula is C14H19N3OS. The Balaban J connectivity index is 1.88. The maximum Gasteiger partial charge on any atom is 0.215 e. The van der Waals surface area contributed by atoms with Gasteiger partial charge in [-0.1, -0.05) is 25.7 Å². The van der Waals surface area contributed by atoms with Crippen molar-refractivity contribution < 1.29 is 4.74 Å². The number of methoxy groups -OCH3 is 1. The number of pyridine rings is 1. The van der Waals surface area contributed by atoms with Crippen molar-refractivity contribution in [3.05, 3.63) is 16.9 Å². The molecule has 0 saturated heterocycles. The predicted molar refractivity (Wildman–Crippen MR) is 78.0 cm³/mol. The third-order valence-corrected chi connectivity index (χ3v) is 4.36. The number of fused-ring (bicyclic) bond motifs is 1. The second-order valence-corrected chi connectivity index (χ2v) is 5.63. The second-order valence-electron chi connectivity index (χ2n) is 5.25. The lowest BCUT2D eigenvalue weighted by Crippen LogP contribution is -2.04. The van der Waals surface area contributed by atoms with E-state index >= 15 is 0 Å². The zero-order valence-corrected chi connectivity index (χ0v) is 12.0. The Morgan fingerprint density at radius 1 is 1.42 bits per heavy atom. The van der Waals surface area contributed by atoms with Gasteiger partial charge in [-0.3, -0.25) is 0 Å². The quantitative estimate of drug-likeness (QED) is 0.867. The lowest BCUT2D eigenvalue weighted by atomic mass is 10.0. The highest BCUT2D eigenvalue weighted by molar-refractivity contribution is 7.71. The second kappa shape index (κ2) is 5.33. The SMILES string of the molecule is COc1ccc2[nH]c(=S)n(CCC3CCCC3)c2n1. The van der Waals surface area contributed by atoms with Gasteiger partial charge in [0, 0.05) is 12.6 Å². The summed E-state index contributed by atoms with van der Waals surface area (Å²) in [6.45, 7) is 0.948. The van der Waals surface area contributed by atoms with Crippen LogP contribution in [0.3, 0.4) is 0 Å². The van der Waals surface area contributed by atoms with Crippen molar-refractivity contribution in [2.45, 2.75) is 38.6 Å². The zero-order valence-electron chi connectivity index (χ0n) is 11.2. The van der Waals surface area contributed by atoms with Crippen LogP contribution in [0.15, 0.2) is 12.1 Å². The largest absolute Gasteiger partial charge is 0.481 e. The number of H-pyrrole nitrogens is 1. The van der Waals surface area contributed by atoms with Crippen molar-refractivity contribution in [3.8, 4) is 5.88 Å². The van der Waals surface area contributed by atoms with Crippen LogP contribution in [0.4, 0.5) is 0 Å². The normalized spacial score (nSPS) is 16.3. The van der Waals surface area contributed by atoms with Gasteiger partial charge >= 0.3 is 0 Å². The van der Waals surface area contributed by atoms with Crippen molar-refractivity contribution in [1.82, 2.24) is 14.5 Å². The number of aromatic nitrogens is 3. The van der Waals surface area contributed by atoms with Gasteiger partial charge in [-0.2, -0.15) is 4.98 Å². The van der Waals surface area contributed by atoms with Crippen LogP contribution in [-0.2, 0) is 6.54 Å². The average molecular weight is 277 g/mol. The predicted octanol–water partition coefficient (Wildman–Crippen LogP) is 3.68. The fraction of sp³-hybridized carbons (Fsp3) is 0.571. The molecule has 1 saturated carbocycles. The van der Waals surface area contributed by atoms with Gasteiger partial charge in [0.15, 0.2) is 10.4 Å². The van der Waals surface area contributed by atoms with Crippen molar-refractivity contribution in [2.24, 2.45) is 5.92 Å². The van der Waals surface area contributed by atoms with E-state index in [0.717, 1.165) is 28.4 Å². The van der Waals surface area contributed by atoms with Crippen LogP contribution in [0, 0.1) is 10.7 Å². The molecule has 19 heavy (non-hydrogen) atoms. The molecule has 2 aromatic heterocycles. The molecule has 1 fully saturated rings. The Morgan fingerprint density at radius 2 is 2.21 bits per heavy atom. The summed E-state index contributed by atoms with van der Waals surface area (Å²) >= 11 is 5.40. The molecule has 0 spiro atoms. The van der Waals surface area contributed by atoms with Gasteiger partial charge in [-0.25, -0.2) is 0 Å². The van der Waals surface area contributed by atoms with Crippen LogP contribution in [0.2, 0.25) is 0 Å². The van der Waals surface area contributed by atoms with Gasteiger partial charge in [0.25, 0.3) is 0 Å². The van der Waals surface area contributed by atoms with E-state index in [2.05, 4.69) is 14.5 Å². The number of imidazole rings is 1. The monoisotopic (exact) mass is 277 g/mol. The molecule has 0 atom stereocenters. The molecule has 0 amide bonds. The average Bonchev–Trinajstić information content (AvgIpc) is 3.03. The molecule has 102 valence electrons. The number of aryl methyl sites for hydroxylation is 1. The molecule has 3 rings (SSSR count). The lowest BCUT2D eigenvalue weighted by Gasteiger charge is -2.09. The van der Waals surface area contributed by atoms with Gasteiger partial charge in [-0.05, 0) is 30.6 Å². The molecule has 1 aliphatic rings. The van der Waals surface area contributed by atoms with Gasteiger partial charge in [0.05, 0.1) is 12.6 Å². The summed E-state index contributed by atoms with van der Waals surface area (Å²) in [5, 5.41) is 0. The molecule has 0 aliphatic heterocycles. The number of hydrogen-bond donors (Lipinski definition) is 1. The highest BCUT2D eigenvalue weighted by atomic mass is 32.1. The Hall–Kier alpha value is -1.36. The molecule has 2 heterocycles. The maximum absolute atomic E-state index is 5.40. The van der Waals surface area contributed by atoms with E-state index in [0.29, 0.717) is 5.88 Å². The smallest absolute Gasteiger partial charge is 0.215 e. The first-order chi connectivity index (χ1) is 9.28. The minimum absolute atomic E-state index is 0.635. The van der Waals surface area contributed by atoms with Crippen molar-refractivity contribution >= 4 is 23.4 Å². The minimum atomic E-state index is 0.635. The summed E-state index contributed by atoms with van der Waals surface area (Å²) in [6, 6.07) is 3.83. The number of hydrogen-bond acceptors (Lipinski definition) is 3. The Bertz CT molecular complexity index is 625. The van der Waals surface area contributed by atoms with Crippen LogP contribution < -0.4 is 4.74 Å². The van der Waals surface area contributed by atoms with Gasteiger partial charge in [0.2, 0.25) is 5.88 Å². The van der Waals surface area contributed by atoms with Crippen molar-refractivity contribution in [2.75, 3.05) is 7.11 Å². The van der Waals surface area contributed by atoms with Crippen LogP contribution in [0.5, 0.6) is 5.88 Å². The molecule has 0 aromatic carbocycles. The Morgan fingerprint density at radius 3 is 2.95 bits per heavy atom. The molecule has 1 aliphatic carbocycles. The fourth-order valence-electron chi connectivity index (χ4n) is 2.95. The molecule has 4 nitrogen and oxygen atoms in total. The van der Waals surface area contributed by atoms with Crippen LogP contribution in [0.25, 0.3) is 11.2 Å². The molecule has 0 bridgehead atoms. The topological polar surface area (TPSA) is 42.8 Å². The lowest BCUT2D eigenvalue weighted by molar-refractivity contribution is 0.398. The first-order valence-electron chi connectivity index (χ1n) is 6.91. The fourth-order valence-corrected chi connectivity index (χ4v) is 3.23. The summed E-state index contributed by atoms with van der Waals surface area (Å²) in [7, 11) is 1.64. The standard InChI is InChI=1S/C14H19N3OS/c1-18-12-7-6-11-13(16-12)17(14(19)15-11)9-8-10-4-2-3-5-10/h6-7,10H,2-5,8-9H2,1H3,(H,15,19). The number of aromatic amines is 1. The van der Waals surface area contributed by atoms with Crippen LogP contribution in [-0.4, -0.2) is 21.6 Å². The molecule has 1 N–H and O–H groups in total. The third-order valence-electron chi connectivity index (χ3n) is 4.04. The summed E-state index contributed by atoms with van der Waals surface area (Å²) < 4.78 is 8.05. The highest BCUT2D eigenvalue weighted by Crippen LogP contribution is 2.28. The first kappa shape index (κ1) is 12.7. The van der Waals surface area contributed by atoms with Crippen molar-refractivity contribution in [1.29, 1.82) is 0 Å². The summed E-state index contributed by atoms with van der Waals surface area (Å²) in [5.74, 6) is 1.49. The van der Waals surface area contributed by atoms with E-state index < -0.39 is 0 Å². The maximum atomic E-state index is 5.40. The molecule has 5 heteroatoms. The summed E-state index contributed by atoms with van der Waals surface area (Å²) in [5.41, 5.74) is 1.89. The summed E-state index contributed by atoms with van der Waals surface area (Å²) in [4.78, 5) is 7.72. The van der Waals surface area contributed by atoms with Gasteiger partial charge < -0.3 is 14.3 Å². The van der Waals surface area contributed by atoms with Crippen LogP contribution >= 0.6 is 12.2 Å². The van der Waals surface area contributed by atoms with E-state index in [-0.39, 0.29) is 0 Å². The van der Waals surface area contributed by atoms with Gasteiger partial charge in [0.1, 0.15) is 0 Å². The van der Waals surface area contributed by atoms with E-state index in [4.69, 9.17) is 17.0 Å². The van der Waals surface area contributed by atoms with Gasteiger partial charge in [-0.15, -0.1) is 0 Å². The third kappa shape index (κ3) is 2.52. The Labute approximate surface area is 117 Å². The van der Waals surface area contributed by atoms with E-state index in [1.54, 1.807) is 7.11 Å². The van der Waals surface area contributed by atoms with E-state index in [9.17, 15) is 0 Å². The molecule has 0 unspecified atom stereocenters. The molecule has 2 aromatic rings. The van der Waals surface area contributed by atoms with E-state index in [1.807, 2.05) is 12.1 Å². The number of nitrogens with zero attached hydrogens (tertiary/aromatic N) is 2. The first-order valence-corrected chi connectivity index (χ1v) is 7.32.